The van der Waals surface area contributed by atoms with Crippen LogP contribution in [-0.4, -0.2) is 9.97 Å². The van der Waals surface area contributed by atoms with Gasteiger partial charge in [-0.2, -0.15) is 0 Å². The van der Waals surface area contributed by atoms with Gasteiger partial charge in [0.2, 0.25) is 0 Å². The molecule has 0 amide bonds. The standard InChI is InChI=1S/C16H13N2O/c1-12-6-8-14(9-7-12)19-11-16-17-10-13-4-2-3-5-15(13)18-16/h2-10H,1,11H2. The summed E-state index contributed by atoms with van der Waals surface area (Å²) in [4.78, 5) is 8.75. The highest BCUT2D eigenvalue weighted by Crippen LogP contribution is 2.14. The molecule has 0 aliphatic heterocycles. The number of fused-ring (bicyclic) bond motifs is 1. The minimum atomic E-state index is 0.362. The van der Waals surface area contributed by atoms with Crippen molar-refractivity contribution in [2.45, 2.75) is 6.61 Å². The molecule has 0 atom stereocenters. The van der Waals surface area contributed by atoms with E-state index < -0.39 is 0 Å². The third kappa shape index (κ3) is 2.71. The molecule has 2 aromatic carbocycles. The lowest BCUT2D eigenvalue weighted by molar-refractivity contribution is 0.296. The van der Waals surface area contributed by atoms with Gasteiger partial charge in [0.1, 0.15) is 12.4 Å². The molecule has 0 saturated carbocycles. The number of benzene rings is 2. The third-order valence-corrected chi connectivity index (χ3v) is 2.83. The van der Waals surface area contributed by atoms with Crippen molar-refractivity contribution in [3.63, 3.8) is 0 Å². The first-order valence-corrected chi connectivity index (χ1v) is 6.07. The molecule has 0 fully saturated rings. The molecule has 3 aromatic rings. The van der Waals surface area contributed by atoms with E-state index in [4.69, 9.17) is 4.74 Å². The van der Waals surface area contributed by atoms with Gasteiger partial charge in [0.05, 0.1) is 5.52 Å². The number of para-hydroxylation sites is 1. The van der Waals surface area contributed by atoms with Crippen LogP contribution in [0.4, 0.5) is 0 Å². The van der Waals surface area contributed by atoms with E-state index in [-0.39, 0.29) is 0 Å². The van der Waals surface area contributed by atoms with Gasteiger partial charge in [-0.1, -0.05) is 30.3 Å². The minimum absolute atomic E-state index is 0.362. The fraction of sp³-hybridized carbons (Fsp3) is 0.0625. The van der Waals surface area contributed by atoms with E-state index in [0.717, 1.165) is 22.2 Å². The molecular formula is C16H13N2O. The molecule has 1 aromatic heterocycles. The van der Waals surface area contributed by atoms with E-state index in [1.54, 1.807) is 0 Å². The van der Waals surface area contributed by atoms with Crippen LogP contribution in [0.25, 0.3) is 10.9 Å². The first-order chi connectivity index (χ1) is 9.31. The summed E-state index contributed by atoms with van der Waals surface area (Å²) in [5, 5.41) is 1.03. The molecule has 0 unspecified atom stereocenters. The number of nitrogens with zero attached hydrogens (tertiary/aromatic N) is 2. The normalized spacial score (nSPS) is 10.6. The summed E-state index contributed by atoms with van der Waals surface area (Å²) >= 11 is 0. The van der Waals surface area contributed by atoms with Gasteiger partial charge in [0.25, 0.3) is 0 Å². The van der Waals surface area contributed by atoms with Crippen LogP contribution < -0.4 is 4.74 Å². The number of hydrogen-bond acceptors (Lipinski definition) is 3. The van der Waals surface area contributed by atoms with Crippen LogP contribution in [-0.2, 0) is 6.61 Å². The van der Waals surface area contributed by atoms with Crippen molar-refractivity contribution in [3.05, 3.63) is 73.0 Å². The molecule has 0 saturated heterocycles. The molecule has 3 rings (SSSR count). The molecule has 3 nitrogen and oxygen atoms in total. The molecule has 0 aliphatic rings. The van der Waals surface area contributed by atoms with Gasteiger partial charge < -0.3 is 4.74 Å². The number of hydrogen-bond donors (Lipinski definition) is 0. The molecule has 93 valence electrons. The molecule has 0 bridgehead atoms. The second-order valence-corrected chi connectivity index (χ2v) is 4.28. The van der Waals surface area contributed by atoms with Crippen LogP contribution in [0.1, 0.15) is 11.4 Å². The molecule has 0 spiro atoms. The van der Waals surface area contributed by atoms with Gasteiger partial charge in [-0.15, -0.1) is 0 Å². The molecule has 1 heterocycles. The van der Waals surface area contributed by atoms with Crippen molar-refractivity contribution in [3.8, 4) is 5.75 Å². The lowest BCUT2D eigenvalue weighted by Crippen LogP contribution is -2.01. The van der Waals surface area contributed by atoms with Crippen LogP contribution in [0.3, 0.4) is 0 Å². The Morgan fingerprint density at radius 1 is 1.00 bits per heavy atom. The highest BCUT2D eigenvalue weighted by Gasteiger charge is 2.01. The quantitative estimate of drug-likeness (QED) is 0.713. The maximum absolute atomic E-state index is 5.64. The Labute approximate surface area is 111 Å². The molecule has 0 aliphatic carbocycles. The topological polar surface area (TPSA) is 35.0 Å². The predicted octanol–water partition coefficient (Wildman–Crippen LogP) is 3.39. The monoisotopic (exact) mass is 249 g/mol. The highest BCUT2D eigenvalue weighted by molar-refractivity contribution is 5.77. The van der Waals surface area contributed by atoms with Crippen LogP contribution >= 0.6 is 0 Å². The van der Waals surface area contributed by atoms with Crippen LogP contribution in [0.2, 0.25) is 0 Å². The van der Waals surface area contributed by atoms with E-state index in [9.17, 15) is 0 Å². The lowest BCUT2D eigenvalue weighted by Gasteiger charge is -2.06. The Hall–Kier alpha value is -2.42. The Balaban J connectivity index is 1.76. The van der Waals surface area contributed by atoms with Crippen molar-refractivity contribution in [2.75, 3.05) is 0 Å². The Morgan fingerprint density at radius 2 is 1.79 bits per heavy atom. The van der Waals surface area contributed by atoms with E-state index in [2.05, 4.69) is 16.9 Å². The number of rotatable bonds is 3. The Morgan fingerprint density at radius 3 is 2.63 bits per heavy atom. The molecule has 3 heteroatoms. The Bertz CT molecular complexity index is 692. The zero-order valence-electron chi connectivity index (χ0n) is 10.4. The van der Waals surface area contributed by atoms with Gasteiger partial charge in [0, 0.05) is 11.6 Å². The molecule has 0 N–H and O–H groups in total. The predicted molar refractivity (Wildman–Crippen MR) is 74.8 cm³/mol. The van der Waals surface area contributed by atoms with E-state index in [1.165, 1.54) is 0 Å². The summed E-state index contributed by atoms with van der Waals surface area (Å²) in [7, 11) is 0. The summed E-state index contributed by atoms with van der Waals surface area (Å²) in [6, 6.07) is 15.5. The minimum Gasteiger partial charge on any atom is -0.486 e. The fourth-order valence-corrected chi connectivity index (χ4v) is 1.81. The zero-order chi connectivity index (χ0) is 13.1. The van der Waals surface area contributed by atoms with Gasteiger partial charge >= 0.3 is 0 Å². The summed E-state index contributed by atoms with van der Waals surface area (Å²) in [5.74, 6) is 1.47. The lowest BCUT2D eigenvalue weighted by atomic mass is 10.2. The summed E-state index contributed by atoms with van der Waals surface area (Å²) in [6.45, 7) is 4.20. The molecule has 19 heavy (non-hydrogen) atoms. The van der Waals surface area contributed by atoms with Gasteiger partial charge in [0.15, 0.2) is 5.82 Å². The SMILES string of the molecule is [CH2]c1ccc(OCc2ncc3ccccc3n2)cc1. The first kappa shape index (κ1) is 11.7. The highest BCUT2D eigenvalue weighted by atomic mass is 16.5. The Kier molecular flexibility index (Phi) is 3.11. The first-order valence-electron chi connectivity index (χ1n) is 6.07. The van der Waals surface area contributed by atoms with Crippen molar-refractivity contribution < 1.29 is 4.74 Å². The van der Waals surface area contributed by atoms with Crippen LogP contribution in [0, 0.1) is 6.92 Å². The van der Waals surface area contributed by atoms with Crippen LogP contribution in [0.5, 0.6) is 5.75 Å². The second kappa shape index (κ2) is 5.06. The van der Waals surface area contributed by atoms with Gasteiger partial charge in [-0.05, 0) is 30.7 Å². The third-order valence-electron chi connectivity index (χ3n) is 2.83. The van der Waals surface area contributed by atoms with Crippen molar-refractivity contribution in [1.29, 1.82) is 0 Å². The fourth-order valence-electron chi connectivity index (χ4n) is 1.81. The maximum Gasteiger partial charge on any atom is 0.166 e. The van der Waals surface area contributed by atoms with Gasteiger partial charge in [-0.25, -0.2) is 9.97 Å². The summed E-state index contributed by atoms with van der Waals surface area (Å²) in [5.41, 5.74) is 1.90. The van der Waals surface area contributed by atoms with E-state index >= 15 is 0 Å². The average Bonchev–Trinajstić information content (AvgIpc) is 2.46. The number of ether oxygens (including phenoxy) is 1. The number of aromatic nitrogens is 2. The average molecular weight is 249 g/mol. The smallest absolute Gasteiger partial charge is 0.166 e. The largest absolute Gasteiger partial charge is 0.486 e. The van der Waals surface area contributed by atoms with E-state index in [1.807, 2.05) is 54.7 Å². The summed E-state index contributed by atoms with van der Waals surface area (Å²) < 4.78 is 5.64. The molecule has 1 radical (unpaired) electrons. The molecular weight excluding hydrogens is 236 g/mol. The van der Waals surface area contributed by atoms with Gasteiger partial charge in [-0.3, -0.25) is 0 Å². The second-order valence-electron chi connectivity index (χ2n) is 4.28. The van der Waals surface area contributed by atoms with Crippen LogP contribution in [0.15, 0.2) is 54.7 Å². The zero-order valence-corrected chi connectivity index (χ0v) is 10.4. The van der Waals surface area contributed by atoms with Crippen molar-refractivity contribution in [2.24, 2.45) is 0 Å². The summed E-state index contributed by atoms with van der Waals surface area (Å²) in [6.07, 6.45) is 1.82. The van der Waals surface area contributed by atoms with Crippen molar-refractivity contribution >= 4 is 10.9 Å². The van der Waals surface area contributed by atoms with Crippen molar-refractivity contribution in [1.82, 2.24) is 9.97 Å². The maximum atomic E-state index is 5.64. The van der Waals surface area contributed by atoms with E-state index in [0.29, 0.717) is 12.4 Å².